The van der Waals surface area contributed by atoms with Gasteiger partial charge in [0.2, 0.25) is 5.95 Å². The molecule has 9 nitrogen and oxygen atoms in total. The van der Waals surface area contributed by atoms with E-state index in [9.17, 15) is 4.79 Å². The minimum atomic E-state index is -0.155. The normalized spacial score (nSPS) is 22.3. The lowest BCUT2D eigenvalue weighted by Gasteiger charge is -2.26. The number of nitrogens with zero attached hydrogens (tertiary/aromatic N) is 6. The van der Waals surface area contributed by atoms with Crippen LogP contribution in [0.5, 0.6) is 0 Å². The summed E-state index contributed by atoms with van der Waals surface area (Å²) in [5, 5.41) is 17.3. The molecule has 11 heteroatoms. The van der Waals surface area contributed by atoms with E-state index in [1.165, 1.54) is 0 Å². The molecular weight excluding hydrogens is 463 g/mol. The zero-order chi connectivity index (χ0) is 23.0. The summed E-state index contributed by atoms with van der Waals surface area (Å²) in [6.07, 6.45) is 3.28. The molecule has 6 rings (SSSR count). The molecule has 2 saturated heterocycles. The molecule has 2 bridgehead atoms. The Labute approximate surface area is 199 Å². The van der Waals surface area contributed by atoms with E-state index in [0.29, 0.717) is 74.0 Å². The zero-order valence-corrected chi connectivity index (χ0v) is 20.1. The van der Waals surface area contributed by atoms with Crippen molar-refractivity contribution in [2.75, 3.05) is 11.9 Å². The molecule has 2 aliphatic rings. The number of halogens is 2. The molecule has 3 atom stereocenters. The van der Waals surface area contributed by atoms with E-state index in [-0.39, 0.29) is 5.56 Å². The topological polar surface area (TPSA) is 96.7 Å². The molecule has 0 unspecified atom stereocenters. The van der Waals surface area contributed by atoms with Crippen molar-refractivity contribution in [3.8, 4) is 11.3 Å². The van der Waals surface area contributed by atoms with E-state index in [4.69, 9.17) is 28.2 Å². The average molecular weight is 487 g/mol. The van der Waals surface area contributed by atoms with Crippen molar-refractivity contribution in [1.82, 2.24) is 34.8 Å². The average Bonchev–Trinajstić information content (AvgIpc) is 3.57. The number of aryl methyl sites for hydroxylation is 1. The highest BCUT2D eigenvalue weighted by Gasteiger charge is 2.47. The largest absolute Gasteiger partial charge is 0.335 e. The number of rotatable bonds is 4. The van der Waals surface area contributed by atoms with E-state index < -0.39 is 0 Å². The first-order chi connectivity index (χ1) is 15.9. The maximum Gasteiger partial charge on any atom is 0.266 e. The molecule has 172 valence electrons. The Morgan fingerprint density at radius 3 is 2.79 bits per heavy atom. The fourth-order valence-electron chi connectivity index (χ4n) is 5.63. The maximum absolute atomic E-state index is 13.6. The van der Waals surface area contributed by atoms with Gasteiger partial charge in [0.1, 0.15) is 16.2 Å². The molecular formula is C22H24Cl2N8O. The highest BCUT2D eigenvalue weighted by Crippen LogP contribution is 2.41. The number of aromatic amines is 1. The van der Waals surface area contributed by atoms with E-state index in [1.54, 1.807) is 16.3 Å². The first kappa shape index (κ1) is 20.9. The molecule has 0 amide bonds. The van der Waals surface area contributed by atoms with Gasteiger partial charge in [-0.15, -0.1) is 0 Å². The van der Waals surface area contributed by atoms with Crippen LogP contribution in [-0.4, -0.2) is 54.7 Å². The van der Waals surface area contributed by atoms with Crippen LogP contribution >= 0.6 is 23.2 Å². The number of anilines is 1. The first-order valence-electron chi connectivity index (χ1n) is 11.2. The number of benzene rings is 1. The van der Waals surface area contributed by atoms with E-state index in [1.807, 2.05) is 26.1 Å². The summed E-state index contributed by atoms with van der Waals surface area (Å²) in [5.74, 6) is 0.682. The van der Waals surface area contributed by atoms with Gasteiger partial charge in [0.25, 0.3) is 5.56 Å². The molecule has 0 saturated carbocycles. The fourth-order valence-corrected chi connectivity index (χ4v) is 6.36. The molecule has 3 aromatic heterocycles. The first-order valence-corrected chi connectivity index (χ1v) is 12.0. The van der Waals surface area contributed by atoms with Crippen LogP contribution in [0.3, 0.4) is 0 Å². The molecule has 2 N–H and O–H groups in total. The Balaban J connectivity index is 1.52. The van der Waals surface area contributed by atoms with Crippen molar-refractivity contribution < 1.29 is 0 Å². The van der Waals surface area contributed by atoms with Gasteiger partial charge in [-0.3, -0.25) is 19.1 Å². The Morgan fingerprint density at radius 1 is 1.24 bits per heavy atom. The SMILES string of the molecule is CCn1nc2ccc(-c3n[nH]c4nc(N5[C@H]6CC[C@@H]5[C@H](NC)C6)n(C)c(=O)c34)c(Cl)c2c1Cl. The van der Waals surface area contributed by atoms with Crippen molar-refractivity contribution in [2.24, 2.45) is 7.05 Å². The lowest BCUT2D eigenvalue weighted by molar-refractivity contribution is 0.445. The van der Waals surface area contributed by atoms with Gasteiger partial charge in [-0.05, 0) is 45.4 Å². The van der Waals surface area contributed by atoms with Crippen molar-refractivity contribution >= 4 is 51.1 Å². The van der Waals surface area contributed by atoms with Crippen molar-refractivity contribution in [3.63, 3.8) is 0 Å². The second-order valence-electron chi connectivity index (χ2n) is 8.84. The van der Waals surface area contributed by atoms with Gasteiger partial charge in [-0.2, -0.15) is 15.2 Å². The van der Waals surface area contributed by atoms with E-state index >= 15 is 0 Å². The fraction of sp³-hybridized carbons (Fsp3) is 0.455. The molecule has 5 heterocycles. The van der Waals surface area contributed by atoms with Crippen LogP contribution in [0.25, 0.3) is 33.2 Å². The summed E-state index contributed by atoms with van der Waals surface area (Å²) in [6.45, 7) is 2.59. The number of H-pyrrole nitrogens is 1. The van der Waals surface area contributed by atoms with Crippen LogP contribution in [0.2, 0.25) is 10.2 Å². The van der Waals surface area contributed by atoms with Crippen molar-refractivity contribution in [1.29, 1.82) is 0 Å². The van der Waals surface area contributed by atoms with E-state index in [0.717, 1.165) is 19.3 Å². The molecule has 0 radical (unpaired) electrons. The van der Waals surface area contributed by atoms with Gasteiger partial charge in [-0.25, -0.2) is 0 Å². The van der Waals surface area contributed by atoms with Gasteiger partial charge in [0, 0.05) is 37.3 Å². The van der Waals surface area contributed by atoms with Gasteiger partial charge >= 0.3 is 0 Å². The second-order valence-corrected chi connectivity index (χ2v) is 9.57. The molecule has 0 spiro atoms. The van der Waals surface area contributed by atoms with Crippen molar-refractivity contribution in [2.45, 2.75) is 50.9 Å². The van der Waals surface area contributed by atoms with Crippen LogP contribution in [-0.2, 0) is 13.6 Å². The predicted octanol–water partition coefficient (Wildman–Crippen LogP) is 3.33. The minimum absolute atomic E-state index is 0.155. The van der Waals surface area contributed by atoms with Crippen LogP contribution in [0.15, 0.2) is 16.9 Å². The summed E-state index contributed by atoms with van der Waals surface area (Å²) in [4.78, 5) is 20.7. The monoisotopic (exact) mass is 486 g/mol. The number of nitrogens with one attached hydrogen (secondary N) is 2. The quantitative estimate of drug-likeness (QED) is 0.459. The molecule has 2 aliphatic heterocycles. The lowest BCUT2D eigenvalue weighted by Crippen LogP contribution is -2.41. The summed E-state index contributed by atoms with van der Waals surface area (Å²) >= 11 is 13.3. The Morgan fingerprint density at radius 2 is 2.06 bits per heavy atom. The smallest absolute Gasteiger partial charge is 0.266 e. The maximum atomic E-state index is 13.6. The Hall–Kier alpha value is -2.62. The molecule has 0 aliphatic carbocycles. The number of aromatic nitrogens is 6. The highest BCUT2D eigenvalue weighted by molar-refractivity contribution is 6.43. The van der Waals surface area contributed by atoms with Gasteiger partial charge in [-0.1, -0.05) is 23.2 Å². The number of likely N-dealkylation sites (N-methyl/N-ethyl adjacent to an activating group) is 1. The third-order valence-electron chi connectivity index (χ3n) is 7.25. The Bertz CT molecular complexity index is 1470. The van der Waals surface area contributed by atoms with Gasteiger partial charge < -0.3 is 10.2 Å². The van der Waals surface area contributed by atoms with Crippen LogP contribution in [0.4, 0.5) is 5.95 Å². The number of hydrogen-bond donors (Lipinski definition) is 2. The molecule has 33 heavy (non-hydrogen) atoms. The number of hydrogen-bond acceptors (Lipinski definition) is 6. The van der Waals surface area contributed by atoms with Gasteiger partial charge in [0.05, 0.1) is 15.9 Å². The second kappa shape index (κ2) is 7.44. The summed E-state index contributed by atoms with van der Waals surface area (Å²) < 4.78 is 3.33. The summed E-state index contributed by atoms with van der Waals surface area (Å²) in [6, 6.07) is 4.82. The summed E-state index contributed by atoms with van der Waals surface area (Å²) in [7, 11) is 3.78. The zero-order valence-electron chi connectivity index (χ0n) is 18.6. The highest BCUT2D eigenvalue weighted by atomic mass is 35.5. The Kier molecular flexibility index (Phi) is 4.73. The third-order valence-corrected chi connectivity index (χ3v) is 8.03. The van der Waals surface area contributed by atoms with Crippen LogP contribution < -0.4 is 15.8 Å². The molecule has 4 aromatic rings. The standard InChI is InChI=1S/C22H24Cl2N8O/c1-4-31-19(24)15-12(29-31)7-6-11(17(15)23)18-16-20(28-27-18)26-22(30(3)21(16)33)32-10-5-8-14(32)13(9-10)25-2/h6-7,10,13-14,25H,4-5,8-9H2,1-3H3,(H,27,28)/t10-,13+,14+/m0/s1. The van der Waals surface area contributed by atoms with E-state index in [2.05, 4.69) is 25.5 Å². The van der Waals surface area contributed by atoms with Crippen LogP contribution in [0, 0.1) is 0 Å². The number of fused-ring (bicyclic) bond motifs is 4. The predicted molar refractivity (Wildman–Crippen MR) is 130 cm³/mol. The molecule has 1 aromatic carbocycles. The van der Waals surface area contributed by atoms with Crippen LogP contribution in [0.1, 0.15) is 26.2 Å². The summed E-state index contributed by atoms with van der Waals surface area (Å²) in [5.41, 5.74) is 2.09. The van der Waals surface area contributed by atoms with Gasteiger partial charge in [0.15, 0.2) is 5.65 Å². The molecule has 2 fully saturated rings. The van der Waals surface area contributed by atoms with Crippen molar-refractivity contribution in [3.05, 3.63) is 32.7 Å². The minimum Gasteiger partial charge on any atom is -0.335 e. The third kappa shape index (κ3) is 2.82. The lowest BCUT2D eigenvalue weighted by atomic mass is 9.96.